The molecule has 0 aliphatic heterocycles. The summed E-state index contributed by atoms with van der Waals surface area (Å²) in [7, 11) is 0. The van der Waals surface area contributed by atoms with Crippen LogP contribution in [0.25, 0.3) is 0 Å². The van der Waals surface area contributed by atoms with E-state index in [2.05, 4.69) is 41.5 Å². The topological polar surface area (TPSA) is 160 Å². The predicted molar refractivity (Wildman–Crippen MR) is 112 cm³/mol. The lowest BCUT2D eigenvalue weighted by atomic mass is 9.75. The van der Waals surface area contributed by atoms with Crippen LogP contribution in [-0.2, 0) is 0 Å². The number of guanidine groups is 1. The van der Waals surface area contributed by atoms with Crippen LogP contribution < -0.4 is 22.3 Å². The highest BCUT2D eigenvalue weighted by atomic mass is 79.9. The summed E-state index contributed by atoms with van der Waals surface area (Å²) in [5, 5.41) is 20.2. The van der Waals surface area contributed by atoms with Gasteiger partial charge in [-0.2, -0.15) is 0 Å². The number of amidine groups is 1. The average molecular weight is 471 g/mol. The molecule has 2 rings (SSSR count). The van der Waals surface area contributed by atoms with Crippen molar-refractivity contribution >= 4 is 39.2 Å². The lowest BCUT2D eigenvalue weighted by Gasteiger charge is -2.38. The number of nitrogens with one attached hydrogen (secondary N) is 2. The van der Waals surface area contributed by atoms with E-state index in [9.17, 15) is 9.60 Å². The second-order valence-corrected chi connectivity index (χ2v) is 8.32. The Morgan fingerprint density at radius 1 is 1.28 bits per heavy atom. The third-order valence-electron chi connectivity index (χ3n) is 4.73. The van der Waals surface area contributed by atoms with Gasteiger partial charge in [-0.1, -0.05) is 13.8 Å². The first-order chi connectivity index (χ1) is 13.5. The summed E-state index contributed by atoms with van der Waals surface area (Å²) in [6.07, 6.45) is 0. The molecule has 0 amide bonds. The molecule has 0 bridgehead atoms. The number of aromatic nitrogens is 2. The van der Waals surface area contributed by atoms with Gasteiger partial charge in [0.1, 0.15) is 5.82 Å². The minimum absolute atomic E-state index is 0.00349. The number of benzene rings is 1. The van der Waals surface area contributed by atoms with E-state index in [0.717, 1.165) is 0 Å². The van der Waals surface area contributed by atoms with Crippen molar-refractivity contribution in [3.63, 3.8) is 0 Å². The fraction of sp³-hybridized carbons (Fsp3) is 0.412. The maximum atomic E-state index is 13.4. The number of hydrogen-bond acceptors (Lipinski definition) is 7. The zero-order valence-corrected chi connectivity index (χ0v) is 18.1. The van der Waals surface area contributed by atoms with E-state index in [1.807, 2.05) is 33.2 Å². The number of hydroxylamine groups is 1. The minimum Gasteiger partial charge on any atom is -0.370 e. The Bertz CT molecular complexity index is 922. The van der Waals surface area contributed by atoms with Gasteiger partial charge in [0, 0.05) is 12.0 Å². The molecule has 29 heavy (non-hydrogen) atoms. The van der Waals surface area contributed by atoms with Crippen molar-refractivity contribution in [2.75, 3.05) is 11.9 Å². The van der Waals surface area contributed by atoms with Gasteiger partial charge in [0.05, 0.1) is 15.7 Å². The highest BCUT2D eigenvalue weighted by molar-refractivity contribution is 9.10. The number of rotatable bonds is 7. The van der Waals surface area contributed by atoms with Gasteiger partial charge in [0.15, 0.2) is 17.5 Å². The molecule has 0 aliphatic rings. The van der Waals surface area contributed by atoms with Gasteiger partial charge in [0.25, 0.3) is 0 Å². The lowest BCUT2D eigenvalue weighted by molar-refractivity contribution is 0.221. The summed E-state index contributed by atoms with van der Waals surface area (Å²) in [5.41, 5.74) is 12.6. The van der Waals surface area contributed by atoms with Gasteiger partial charge in [-0.3, -0.25) is 10.7 Å². The molecule has 2 aromatic rings. The first-order valence-corrected chi connectivity index (χ1v) is 9.37. The number of anilines is 1. The van der Waals surface area contributed by atoms with Crippen LogP contribution in [0.15, 0.2) is 37.3 Å². The highest BCUT2D eigenvalue weighted by Crippen LogP contribution is 2.34. The normalized spacial score (nSPS) is 12.6. The monoisotopic (exact) mass is 470 g/mol. The van der Waals surface area contributed by atoms with Crippen LogP contribution in [-0.4, -0.2) is 39.4 Å². The largest absolute Gasteiger partial charge is 0.370 e. The van der Waals surface area contributed by atoms with E-state index in [0.29, 0.717) is 12.2 Å². The van der Waals surface area contributed by atoms with Crippen molar-refractivity contribution in [2.24, 2.45) is 26.9 Å². The Balaban J connectivity index is 2.26. The molecule has 1 heterocycles. The highest BCUT2D eigenvalue weighted by Gasteiger charge is 2.37. The summed E-state index contributed by atoms with van der Waals surface area (Å²) >= 11 is 3.09. The Morgan fingerprint density at radius 2 is 1.97 bits per heavy atom. The number of nitrogens with zero attached hydrogens (tertiary/aromatic N) is 4. The molecular weight excluding hydrogens is 447 g/mol. The van der Waals surface area contributed by atoms with Crippen LogP contribution >= 0.6 is 15.9 Å². The molecule has 0 atom stereocenters. The zero-order chi connectivity index (χ0) is 21.8. The van der Waals surface area contributed by atoms with E-state index in [1.165, 1.54) is 18.2 Å². The van der Waals surface area contributed by atoms with Crippen molar-refractivity contribution in [1.82, 2.24) is 15.8 Å². The molecule has 7 N–H and O–H groups in total. The van der Waals surface area contributed by atoms with Crippen molar-refractivity contribution in [3.8, 4) is 0 Å². The van der Waals surface area contributed by atoms with E-state index in [-0.39, 0.29) is 27.8 Å². The number of aliphatic imine (C=N–C) groups is 2. The second-order valence-electron chi connectivity index (χ2n) is 7.47. The molecule has 12 heteroatoms. The van der Waals surface area contributed by atoms with Crippen molar-refractivity contribution in [3.05, 3.63) is 34.2 Å². The van der Waals surface area contributed by atoms with Gasteiger partial charge in [-0.25, -0.2) is 19.0 Å². The molecule has 10 nitrogen and oxygen atoms in total. The fourth-order valence-electron chi connectivity index (χ4n) is 2.27. The Hall–Kier alpha value is -2.73. The van der Waals surface area contributed by atoms with Crippen LogP contribution in [0.4, 0.5) is 15.9 Å². The number of halogens is 2. The molecule has 158 valence electrons. The van der Waals surface area contributed by atoms with Crippen LogP contribution in [0.3, 0.4) is 0 Å². The SMILES string of the molecule is CC(C)(CNc1nonc1C(=Nc1ccc(F)c(Br)c1)NO)C(C)(C)N=C(N)N. The third-order valence-corrected chi connectivity index (χ3v) is 5.33. The Morgan fingerprint density at radius 3 is 2.55 bits per heavy atom. The quantitative estimate of drug-likeness (QED) is 0.234. The zero-order valence-electron chi connectivity index (χ0n) is 16.5. The fourth-order valence-corrected chi connectivity index (χ4v) is 2.64. The van der Waals surface area contributed by atoms with Gasteiger partial charge in [-0.15, -0.1) is 0 Å². The Labute approximate surface area is 175 Å². The van der Waals surface area contributed by atoms with E-state index in [4.69, 9.17) is 16.1 Å². The molecular formula is C17H24BrFN8O2. The molecule has 1 aromatic heterocycles. The Kier molecular flexibility index (Phi) is 6.80. The van der Waals surface area contributed by atoms with E-state index >= 15 is 0 Å². The summed E-state index contributed by atoms with van der Waals surface area (Å²) in [6.45, 7) is 8.18. The van der Waals surface area contributed by atoms with Crippen LogP contribution in [0.5, 0.6) is 0 Å². The number of hydrogen-bond donors (Lipinski definition) is 5. The van der Waals surface area contributed by atoms with Crippen molar-refractivity contribution in [1.29, 1.82) is 0 Å². The lowest BCUT2D eigenvalue weighted by Crippen LogP contribution is -2.45. The molecule has 0 fully saturated rings. The van der Waals surface area contributed by atoms with Gasteiger partial charge in [-0.05, 0) is 58.3 Å². The first kappa shape index (κ1) is 22.6. The minimum atomic E-state index is -0.581. The van der Waals surface area contributed by atoms with Gasteiger partial charge in [0.2, 0.25) is 5.82 Å². The standard InChI is InChI=1S/C17H24BrFN8O2/c1-16(2,17(3,4)24-15(20)21)8-22-13-12(26-29-27-13)14(25-28)23-9-5-6-11(19)10(18)7-9/h5-7,28H,8H2,1-4H3,(H,22,27)(H,23,25)(H4,20,21,24). The molecule has 0 radical (unpaired) electrons. The number of nitrogens with two attached hydrogens (primary N) is 2. The maximum Gasteiger partial charge on any atom is 0.202 e. The van der Waals surface area contributed by atoms with Gasteiger partial charge >= 0.3 is 0 Å². The maximum absolute atomic E-state index is 13.4. The molecule has 0 spiro atoms. The van der Waals surface area contributed by atoms with Crippen LogP contribution in [0.1, 0.15) is 33.4 Å². The average Bonchev–Trinajstić information content (AvgIpc) is 3.08. The van der Waals surface area contributed by atoms with Crippen molar-refractivity contribution in [2.45, 2.75) is 33.2 Å². The van der Waals surface area contributed by atoms with Crippen LogP contribution in [0.2, 0.25) is 0 Å². The van der Waals surface area contributed by atoms with E-state index in [1.54, 1.807) is 0 Å². The molecule has 0 aliphatic carbocycles. The molecule has 0 unspecified atom stereocenters. The summed E-state index contributed by atoms with van der Waals surface area (Å²) in [5.74, 6) is -0.219. The molecule has 0 saturated heterocycles. The first-order valence-electron chi connectivity index (χ1n) is 8.58. The van der Waals surface area contributed by atoms with Crippen LogP contribution in [0, 0.1) is 11.2 Å². The molecule has 0 saturated carbocycles. The second kappa shape index (κ2) is 8.74. The van der Waals surface area contributed by atoms with Gasteiger partial charge < -0.3 is 16.8 Å². The predicted octanol–water partition coefficient (Wildman–Crippen LogP) is 2.52. The molecule has 1 aromatic carbocycles. The summed E-state index contributed by atoms with van der Waals surface area (Å²) < 4.78 is 18.4. The summed E-state index contributed by atoms with van der Waals surface area (Å²) in [4.78, 5) is 8.50. The smallest absolute Gasteiger partial charge is 0.202 e. The van der Waals surface area contributed by atoms with E-state index < -0.39 is 16.8 Å². The third kappa shape index (κ3) is 5.41. The summed E-state index contributed by atoms with van der Waals surface area (Å²) in [6, 6.07) is 4.14. The van der Waals surface area contributed by atoms with Crippen molar-refractivity contribution < 1.29 is 14.2 Å².